The van der Waals surface area contributed by atoms with E-state index >= 15 is 0 Å². The van der Waals surface area contributed by atoms with Crippen molar-refractivity contribution in [1.82, 2.24) is 0 Å². The number of hydrogen-bond donors (Lipinski definition) is 0. The zero-order valence-corrected chi connectivity index (χ0v) is 11.3. The molecule has 100 valence electrons. The van der Waals surface area contributed by atoms with E-state index in [0.717, 1.165) is 6.42 Å². The number of para-hydroxylation sites is 1. The van der Waals surface area contributed by atoms with E-state index in [2.05, 4.69) is 30.2 Å². The first-order chi connectivity index (χ1) is 9.67. The summed E-state index contributed by atoms with van der Waals surface area (Å²) in [7, 11) is 0. The minimum absolute atomic E-state index is 0.0804. The first kappa shape index (κ1) is 13.8. The van der Waals surface area contributed by atoms with Crippen molar-refractivity contribution in [2.75, 3.05) is 0 Å². The summed E-state index contributed by atoms with van der Waals surface area (Å²) in [4.78, 5) is 10.4. The summed E-state index contributed by atoms with van der Waals surface area (Å²) in [5, 5.41) is 10.8. The van der Waals surface area contributed by atoms with Gasteiger partial charge in [0.15, 0.2) is 0 Å². The number of rotatable bonds is 3. The van der Waals surface area contributed by atoms with E-state index in [1.807, 2.05) is 6.92 Å². The Bertz CT molecular complexity index is 645. The van der Waals surface area contributed by atoms with Crippen molar-refractivity contribution in [1.29, 1.82) is 0 Å². The van der Waals surface area contributed by atoms with E-state index in [1.165, 1.54) is 11.1 Å². The molecule has 0 unspecified atom stereocenters. The van der Waals surface area contributed by atoms with Gasteiger partial charge in [0.1, 0.15) is 5.56 Å². The molecule has 0 heterocycles. The molecule has 2 aliphatic rings. The molecule has 20 heavy (non-hydrogen) atoms. The van der Waals surface area contributed by atoms with Crippen molar-refractivity contribution in [2.45, 2.75) is 19.8 Å². The lowest BCUT2D eigenvalue weighted by molar-refractivity contribution is -0.385. The maximum atomic E-state index is 10.8. The number of nitrogens with zero attached hydrogens (tertiary/aromatic N) is 1. The summed E-state index contributed by atoms with van der Waals surface area (Å²) in [5.41, 5.74) is 4.01. The Morgan fingerprint density at radius 3 is 2.10 bits per heavy atom. The van der Waals surface area contributed by atoms with Crippen molar-refractivity contribution >= 4 is 5.69 Å². The molecule has 0 saturated heterocycles. The monoisotopic (exact) mass is 265 g/mol. The number of benzene rings is 2. The van der Waals surface area contributed by atoms with Gasteiger partial charge in [-0.3, -0.25) is 10.1 Å². The molecule has 1 aromatic rings. The summed E-state index contributed by atoms with van der Waals surface area (Å²) >= 11 is 0. The van der Waals surface area contributed by atoms with Crippen molar-refractivity contribution < 1.29 is 4.92 Å². The number of hydrogen-bond acceptors (Lipinski definition) is 2. The van der Waals surface area contributed by atoms with E-state index in [0.29, 0.717) is 17.5 Å². The zero-order valence-electron chi connectivity index (χ0n) is 11.3. The summed E-state index contributed by atoms with van der Waals surface area (Å²) in [6, 6.07) is 13.6. The Kier molecular flexibility index (Phi) is 4.17. The van der Waals surface area contributed by atoms with Crippen molar-refractivity contribution in [3.63, 3.8) is 0 Å². The number of terminal acetylenes is 1. The van der Waals surface area contributed by atoms with Crippen LogP contribution >= 0.6 is 0 Å². The van der Waals surface area contributed by atoms with Crippen LogP contribution in [-0.2, 0) is 6.42 Å². The molecule has 0 amide bonds. The first-order valence-corrected chi connectivity index (χ1v) is 6.50. The number of nitro groups is 1. The molecule has 0 radical (unpaired) electrons. The first-order valence-electron chi connectivity index (χ1n) is 6.50. The third-order valence-electron chi connectivity index (χ3n) is 3.20. The predicted molar refractivity (Wildman–Crippen MR) is 80.5 cm³/mol. The number of nitro benzene ring substituents is 1. The van der Waals surface area contributed by atoms with Gasteiger partial charge in [0.05, 0.1) is 4.92 Å². The van der Waals surface area contributed by atoms with Crippen LogP contribution in [0, 0.1) is 22.5 Å². The van der Waals surface area contributed by atoms with E-state index in [4.69, 9.17) is 6.42 Å². The standard InChI is InChI=1S/C11H11NO2.C6H4/c1-3-6-10-8-5-7-9(4-2)11(10)12(13)14;1-2-6-4-3-5(1)6/h2,5,7-8H,3,6H2,1H3;1-4H. The summed E-state index contributed by atoms with van der Waals surface area (Å²) in [6.07, 6.45) is 6.76. The smallest absolute Gasteiger partial charge is 0.258 e. The average molecular weight is 265 g/mol. The quantitative estimate of drug-likeness (QED) is 0.405. The second kappa shape index (κ2) is 6.03. The lowest BCUT2D eigenvalue weighted by atomic mass is 9.95. The minimum Gasteiger partial charge on any atom is -0.258 e. The molecule has 3 heteroatoms. The van der Waals surface area contributed by atoms with Crippen molar-refractivity contribution in [3.05, 3.63) is 63.7 Å². The van der Waals surface area contributed by atoms with Gasteiger partial charge in [-0.1, -0.05) is 55.7 Å². The highest BCUT2D eigenvalue weighted by Crippen LogP contribution is 2.29. The van der Waals surface area contributed by atoms with E-state index in [1.54, 1.807) is 18.2 Å². The van der Waals surface area contributed by atoms with Gasteiger partial charge in [-0.2, -0.15) is 0 Å². The molecule has 0 spiro atoms. The molecule has 0 N–H and O–H groups in total. The van der Waals surface area contributed by atoms with Crippen LogP contribution in [0.4, 0.5) is 5.69 Å². The third-order valence-corrected chi connectivity index (χ3v) is 3.20. The lowest BCUT2D eigenvalue weighted by Crippen LogP contribution is -1.98. The fourth-order valence-corrected chi connectivity index (χ4v) is 2.06. The highest BCUT2D eigenvalue weighted by Gasteiger charge is 2.16. The molecule has 3 nitrogen and oxygen atoms in total. The van der Waals surface area contributed by atoms with Gasteiger partial charge < -0.3 is 0 Å². The minimum atomic E-state index is -0.403. The van der Waals surface area contributed by atoms with Crippen LogP contribution < -0.4 is 0 Å². The lowest BCUT2D eigenvalue weighted by Gasteiger charge is -2.10. The highest BCUT2D eigenvalue weighted by molar-refractivity contribution is 5.75. The Labute approximate surface area is 118 Å². The van der Waals surface area contributed by atoms with Gasteiger partial charge in [-0.05, 0) is 23.6 Å². The van der Waals surface area contributed by atoms with Crippen molar-refractivity contribution in [3.8, 4) is 23.5 Å². The van der Waals surface area contributed by atoms with Crippen LogP contribution in [0.25, 0.3) is 11.1 Å². The SMILES string of the molecule is C#Cc1cccc(CCC)c1[N+](=O)[O-].c1cc2ccc1-2. The molecule has 0 saturated carbocycles. The summed E-state index contributed by atoms with van der Waals surface area (Å²) < 4.78 is 0. The predicted octanol–water partition coefficient (Wildman–Crippen LogP) is 4.20. The normalized spacial score (nSPS) is 10.0. The van der Waals surface area contributed by atoms with Gasteiger partial charge in [-0.25, -0.2) is 0 Å². The van der Waals surface area contributed by atoms with Crippen LogP contribution in [0.1, 0.15) is 24.5 Å². The highest BCUT2D eigenvalue weighted by atomic mass is 16.6. The molecule has 0 fully saturated rings. The summed E-state index contributed by atoms with van der Waals surface area (Å²) in [6.45, 7) is 1.98. The van der Waals surface area contributed by atoms with E-state index in [-0.39, 0.29) is 5.69 Å². The molecule has 0 aliphatic heterocycles. The van der Waals surface area contributed by atoms with Gasteiger partial charge in [0.25, 0.3) is 5.69 Å². The summed E-state index contributed by atoms with van der Waals surface area (Å²) in [5.74, 6) is 2.33. The molecule has 0 bridgehead atoms. The largest absolute Gasteiger partial charge is 0.288 e. The Morgan fingerprint density at radius 2 is 1.75 bits per heavy atom. The Hall–Kier alpha value is -2.60. The van der Waals surface area contributed by atoms with Crippen LogP contribution in [0.5, 0.6) is 0 Å². The second-order valence-corrected chi connectivity index (χ2v) is 4.54. The molecule has 3 rings (SSSR count). The number of fused-ring (bicyclic) bond motifs is 1. The van der Waals surface area contributed by atoms with Gasteiger partial charge in [0, 0.05) is 5.56 Å². The fourth-order valence-electron chi connectivity index (χ4n) is 2.06. The van der Waals surface area contributed by atoms with Crippen LogP contribution in [-0.4, -0.2) is 4.92 Å². The van der Waals surface area contributed by atoms with E-state index < -0.39 is 4.92 Å². The van der Waals surface area contributed by atoms with Crippen LogP contribution in [0.3, 0.4) is 0 Å². The van der Waals surface area contributed by atoms with Crippen LogP contribution in [0.15, 0.2) is 42.5 Å². The van der Waals surface area contributed by atoms with Crippen molar-refractivity contribution in [2.24, 2.45) is 0 Å². The Balaban J connectivity index is 0.000000198. The molecular formula is C17H15NO2. The topological polar surface area (TPSA) is 43.1 Å². The molecule has 0 aromatic heterocycles. The fraction of sp³-hybridized carbons (Fsp3) is 0.176. The van der Waals surface area contributed by atoms with E-state index in [9.17, 15) is 10.1 Å². The van der Waals surface area contributed by atoms with Gasteiger partial charge >= 0.3 is 0 Å². The zero-order chi connectivity index (χ0) is 14.5. The maximum absolute atomic E-state index is 10.8. The average Bonchev–Trinajstić information content (AvgIpc) is 2.43. The Morgan fingerprint density at radius 1 is 1.15 bits per heavy atom. The molecule has 0 atom stereocenters. The molecule has 2 aliphatic carbocycles. The van der Waals surface area contributed by atoms with Gasteiger partial charge in [-0.15, -0.1) is 6.42 Å². The number of aryl methyl sites for hydroxylation is 1. The maximum Gasteiger partial charge on any atom is 0.288 e. The third kappa shape index (κ3) is 2.70. The second-order valence-electron chi connectivity index (χ2n) is 4.54. The molecular weight excluding hydrogens is 250 g/mol. The van der Waals surface area contributed by atoms with Crippen LogP contribution in [0.2, 0.25) is 0 Å². The molecule has 1 aromatic carbocycles. The van der Waals surface area contributed by atoms with Gasteiger partial charge in [0.2, 0.25) is 0 Å².